The van der Waals surface area contributed by atoms with E-state index in [0.29, 0.717) is 6.04 Å². The Kier molecular flexibility index (Phi) is 7.65. The van der Waals surface area contributed by atoms with Crippen LogP contribution in [0.25, 0.3) is 0 Å². The Morgan fingerprint density at radius 1 is 1.06 bits per heavy atom. The summed E-state index contributed by atoms with van der Waals surface area (Å²) in [6.45, 7) is 5.57. The van der Waals surface area contributed by atoms with Crippen LogP contribution in [-0.2, 0) is 0 Å². The van der Waals surface area contributed by atoms with Gasteiger partial charge in [-0.15, -0.1) is 0 Å². The summed E-state index contributed by atoms with van der Waals surface area (Å²) in [6, 6.07) is 4.77. The van der Waals surface area contributed by atoms with Gasteiger partial charge < -0.3 is 5.32 Å². The number of aromatic nitrogens is 1. The lowest BCUT2D eigenvalue weighted by atomic mass is 10.0. The van der Waals surface area contributed by atoms with Crippen LogP contribution in [0, 0.1) is 0 Å². The van der Waals surface area contributed by atoms with Gasteiger partial charge in [0.25, 0.3) is 0 Å². The molecule has 2 heteroatoms. The molecule has 17 heavy (non-hydrogen) atoms. The zero-order valence-corrected chi connectivity index (χ0v) is 11.3. The Balaban J connectivity index is 2.43. The predicted octanol–water partition coefficient (Wildman–Crippen LogP) is 4.09. The number of rotatable bonds is 9. The van der Waals surface area contributed by atoms with Gasteiger partial charge in [0.15, 0.2) is 0 Å². The highest BCUT2D eigenvalue weighted by molar-refractivity contribution is 5.14. The quantitative estimate of drug-likeness (QED) is 0.651. The molecule has 1 N–H and O–H groups in total. The SMILES string of the molecule is CCCCCCC(NCCC)c1ccncc1. The van der Waals surface area contributed by atoms with Gasteiger partial charge in [-0.05, 0) is 37.1 Å². The van der Waals surface area contributed by atoms with E-state index in [9.17, 15) is 0 Å². The van der Waals surface area contributed by atoms with Crippen molar-refractivity contribution >= 4 is 0 Å². The minimum Gasteiger partial charge on any atom is -0.310 e. The van der Waals surface area contributed by atoms with Crippen LogP contribution < -0.4 is 5.32 Å². The number of hydrogen-bond donors (Lipinski definition) is 1. The topological polar surface area (TPSA) is 24.9 Å². The molecule has 96 valence electrons. The Morgan fingerprint density at radius 3 is 2.47 bits per heavy atom. The van der Waals surface area contributed by atoms with Gasteiger partial charge in [0, 0.05) is 18.4 Å². The van der Waals surface area contributed by atoms with E-state index in [1.165, 1.54) is 44.1 Å². The fourth-order valence-corrected chi connectivity index (χ4v) is 2.08. The van der Waals surface area contributed by atoms with Gasteiger partial charge in [0.05, 0.1) is 0 Å². The van der Waals surface area contributed by atoms with Crippen molar-refractivity contribution in [3.63, 3.8) is 0 Å². The maximum atomic E-state index is 4.09. The Bertz CT molecular complexity index is 272. The van der Waals surface area contributed by atoms with E-state index in [1.807, 2.05) is 12.4 Å². The van der Waals surface area contributed by atoms with Gasteiger partial charge >= 0.3 is 0 Å². The van der Waals surface area contributed by atoms with Crippen molar-refractivity contribution in [2.24, 2.45) is 0 Å². The molecule has 0 aliphatic rings. The summed E-state index contributed by atoms with van der Waals surface area (Å²) in [4.78, 5) is 4.09. The Hall–Kier alpha value is -0.890. The highest BCUT2D eigenvalue weighted by Gasteiger charge is 2.09. The molecule has 1 heterocycles. The molecule has 1 atom stereocenters. The van der Waals surface area contributed by atoms with E-state index in [4.69, 9.17) is 0 Å². The van der Waals surface area contributed by atoms with Crippen LogP contribution in [0.15, 0.2) is 24.5 Å². The largest absolute Gasteiger partial charge is 0.310 e. The van der Waals surface area contributed by atoms with Gasteiger partial charge in [-0.1, -0.05) is 39.5 Å². The normalized spacial score (nSPS) is 12.6. The summed E-state index contributed by atoms with van der Waals surface area (Å²) in [7, 11) is 0. The molecule has 0 saturated carbocycles. The van der Waals surface area contributed by atoms with Gasteiger partial charge in [0.1, 0.15) is 0 Å². The summed E-state index contributed by atoms with van der Waals surface area (Å²) in [5.74, 6) is 0. The first-order chi connectivity index (χ1) is 8.38. The maximum absolute atomic E-state index is 4.09. The van der Waals surface area contributed by atoms with Crippen molar-refractivity contribution in [2.45, 2.75) is 58.4 Å². The van der Waals surface area contributed by atoms with Gasteiger partial charge in [0.2, 0.25) is 0 Å². The highest BCUT2D eigenvalue weighted by atomic mass is 14.9. The van der Waals surface area contributed by atoms with Gasteiger partial charge in [-0.25, -0.2) is 0 Å². The van der Waals surface area contributed by atoms with Crippen LogP contribution >= 0.6 is 0 Å². The molecule has 1 rings (SSSR count). The number of nitrogens with one attached hydrogen (secondary N) is 1. The van der Waals surface area contributed by atoms with Crippen LogP contribution in [0.4, 0.5) is 0 Å². The average Bonchev–Trinajstić information content (AvgIpc) is 2.39. The number of hydrogen-bond acceptors (Lipinski definition) is 2. The van der Waals surface area contributed by atoms with Crippen molar-refractivity contribution in [3.05, 3.63) is 30.1 Å². The van der Waals surface area contributed by atoms with Crippen LogP contribution in [0.2, 0.25) is 0 Å². The molecule has 1 aromatic rings. The van der Waals surface area contributed by atoms with Crippen LogP contribution in [-0.4, -0.2) is 11.5 Å². The fraction of sp³-hybridized carbons (Fsp3) is 0.667. The summed E-state index contributed by atoms with van der Waals surface area (Å²) in [5, 5.41) is 3.63. The first kappa shape index (κ1) is 14.2. The second-order valence-electron chi connectivity index (χ2n) is 4.64. The van der Waals surface area contributed by atoms with Gasteiger partial charge in [-0.2, -0.15) is 0 Å². The number of pyridine rings is 1. The standard InChI is InChI=1S/C15H26N2/c1-3-5-6-7-8-15(17-11-4-2)14-9-12-16-13-10-14/h9-10,12-13,15,17H,3-8,11H2,1-2H3. The zero-order chi connectivity index (χ0) is 12.3. The molecule has 0 aromatic carbocycles. The zero-order valence-electron chi connectivity index (χ0n) is 11.3. The third kappa shape index (κ3) is 5.83. The Morgan fingerprint density at radius 2 is 1.82 bits per heavy atom. The Labute approximate surface area is 106 Å². The van der Waals surface area contributed by atoms with Crippen molar-refractivity contribution in [1.29, 1.82) is 0 Å². The molecule has 0 aliphatic carbocycles. The molecule has 1 aromatic heterocycles. The number of unbranched alkanes of at least 4 members (excludes halogenated alkanes) is 3. The number of nitrogens with zero attached hydrogens (tertiary/aromatic N) is 1. The average molecular weight is 234 g/mol. The third-order valence-electron chi connectivity index (χ3n) is 3.10. The molecule has 0 spiro atoms. The summed E-state index contributed by atoms with van der Waals surface area (Å²) in [6.07, 6.45) is 11.5. The summed E-state index contributed by atoms with van der Waals surface area (Å²) < 4.78 is 0. The molecule has 1 unspecified atom stereocenters. The lowest BCUT2D eigenvalue weighted by Crippen LogP contribution is -2.22. The van der Waals surface area contributed by atoms with E-state index in [-0.39, 0.29) is 0 Å². The molecule has 0 fully saturated rings. The van der Waals surface area contributed by atoms with Crippen LogP contribution in [0.1, 0.15) is 64.0 Å². The fourth-order valence-electron chi connectivity index (χ4n) is 2.08. The second kappa shape index (κ2) is 9.17. The van der Waals surface area contributed by atoms with E-state index in [2.05, 4.69) is 36.3 Å². The lowest BCUT2D eigenvalue weighted by Gasteiger charge is -2.18. The van der Waals surface area contributed by atoms with E-state index in [1.54, 1.807) is 0 Å². The van der Waals surface area contributed by atoms with Gasteiger partial charge in [-0.3, -0.25) is 4.98 Å². The van der Waals surface area contributed by atoms with Crippen LogP contribution in [0.3, 0.4) is 0 Å². The van der Waals surface area contributed by atoms with Crippen LogP contribution in [0.5, 0.6) is 0 Å². The monoisotopic (exact) mass is 234 g/mol. The smallest absolute Gasteiger partial charge is 0.0321 e. The highest BCUT2D eigenvalue weighted by Crippen LogP contribution is 2.19. The summed E-state index contributed by atoms with van der Waals surface area (Å²) >= 11 is 0. The van der Waals surface area contributed by atoms with Crippen molar-refractivity contribution in [3.8, 4) is 0 Å². The third-order valence-corrected chi connectivity index (χ3v) is 3.10. The van der Waals surface area contributed by atoms with Crippen molar-refractivity contribution < 1.29 is 0 Å². The maximum Gasteiger partial charge on any atom is 0.0321 e. The lowest BCUT2D eigenvalue weighted by molar-refractivity contribution is 0.470. The molecular formula is C15H26N2. The van der Waals surface area contributed by atoms with E-state index < -0.39 is 0 Å². The minimum atomic E-state index is 0.509. The molecular weight excluding hydrogens is 208 g/mol. The van der Waals surface area contributed by atoms with E-state index in [0.717, 1.165) is 6.54 Å². The first-order valence-corrected chi connectivity index (χ1v) is 7.01. The van der Waals surface area contributed by atoms with Crippen molar-refractivity contribution in [1.82, 2.24) is 10.3 Å². The minimum absolute atomic E-state index is 0.509. The molecule has 0 amide bonds. The molecule has 0 radical (unpaired) electrons. The molecule has 0 aliphatic heterocycles. The van der Waals surface area contributed by atoms with Crippen molar-refractivity contribution in [2.75, 3.05) is 6.54 Å². The molecule has 0 bridgehead atoms. The van der Waals surface area contributed by atoms with E-state index >= 15 is 0 Å². The second-order valence-corrected chi connectivity index (χ2v) is 4.64. The first-order valence-electron chi connectivity index (χ1n) is 7.01. The molecule has 0 saturated heterocycles. The molecule has 2 nitrogen and oxygen atoms in total. The summed E-state index contributed by atoms with van der Waals surface area (Å²) in [5.41, 5.74) is 1.38. The predicted molar refractivity (Wildman–Crippen MR) is 74.0 cm³/mol.